The normalized spacial score (nSPS) is 28.4. The van der Waals surface area contributed by atoms with E-state index < -0.39 is 30.7 Å². The van der Waals surface area contributed by atoms with Gasteiger partial charge in [0.25, 0.3) is 0 Å². The molecule has 1 aliphatic heterocycles. The number of allylic oxidation sites excluding steroid dienone is 1. The molecule has 1 aromatic heterocycles. The fourth-order valence-corrected chi connectivity index (χ4v) is 4.57. The van der Waals surface area contributed by atoms with E-state index in [2.05, 4.69) is 16.9 Å². The largest absolute Gasteiger partial charge is 0.493 e. The Morgan fingerprint density at radius 2 is 1.91 bits per heavy atom. The SMILES string of the molecule is C=CCc1ccc(O[C@@H]2O[C@H](Cn3cc(C4CCCCC4)nn3)[C@@H](O)[C@H](O)[C@H]2O)c(OC)c1. The molecule has 33 heavy (non-hydrogen) atoms. The number of hydrogen-bond donors (Lipinski definition) is 3. The summed E-state index contributed by atoms with van der Waals surface area (Å²) in [6, 6.07) is 5.39. The third-order valence-electron chi connectivity index (χ3n) is 6.47. The van der Waals surface area contributed by atoms with Crippen LogP contribution >= 0.6 is 0 Å². The van der Waals surface area contributed by atoms with Gasteiger partial charge in [0.1, 0.15) is 24.4 Å². The summed E-state index contributed by atoms with van der Waals surface area (Å²) in [7, 11) is 1.52. The summed E-state index contributed by atoms with van der Waals surface area (Å²) in [5, 5.41) is 39.9. The lowest BCUT2D eigenvalue weighted by Crippen LogP contribution is -2.60. The summed E-state index contributed by atoms with van der Waals surface area (Å²) in [4.78, 5) is 0. The van der Waals surface area contributed by atoms with Crippen LogP contribution in [0.1, 0.15) is 49.3 Å². The number of hydrogen-bond acceptors (Lipinski definition) is 8. The van der Waals surface area contributed by atoms with Gasteiger partial charge in [-0.3, -0.25) is 0 Å². The van der Waals surface area contributed by atoms with Crippen molar-refractivity contribution in [1.29, 1.82) is 0 Å². The second kappa shape index (κ2) is 10.6. The van der Waals surface area contributed by atoms with Crippen LogP contribution in [0, 0.1) is 0 Å². The Morgan fingerprint density at radius 3 is 2.64 bits per heavy atom. The highest BCUT2D eigenvalue weighted by atomic mass is 16.7. The van der Waals surface area contributed by atoms with Crippen molar-refractivity contribution in [2.75, 3.05) is 7.11 Å². The first-order valence-corrected chi connectivity index (χ1v) is 11.5. The molecule has 1 aromatic carbocycles. The quantitative estimate of drug-likeness (QED) is 0.513. The summed E-state index contributed by atoms with van der Waals surface area (Å²) in [5.41, 5.74) is 1.94. The van der Waals surface area contributed by atoms with Gasteiger partial charge in [0.05, 0.1) is 19.3 Å². The Morgan fingerprint density at radius 1 is 1.12 bits per heavy atom. The predicted octanol–water partition coefficient (Wildman–Crippen LogP) is 1.95. The molecule has 1 saturated carbocycles. The monoisotopic (exact) mass is 459 g/mol. The zero-order valence-electron chi connectivity index (χ0n) is 18.9. The molecule has 2 fully saturated rings. The van der Waals surface area contributed by atoms with Crippen LogP contribution in [-0.4, -0.2) is 68.1 Å². The molecular formula is C24H33N3O6. The van der Waals surface area contributed by atoms with E-state index in [0.29, 0.717) is 23.8 Å². The molecule has 2 aromatic rings. The van der Waals surface area contributed by atoms with Gasteiger partial charge in [-0.05, 0) is 37.0 Å². The average Bonchev–Trinajstić information content (AvgIpc) is 3.31. The van der Waals surface area contributed by atoms with Crippen molar-refractivity contribution in [1.82, 2.24) is 15.0 Å². The lowest BCUT2D eigenvalue weighted by molar-refractivity contribution is -0.275. The highest BCUT2D eigenvalue weighted by Crippen LogP contribution is 2.33. The standard InChI is InChI=1S/C24H33N3O6/c1-3-7-15-10-11-18(19(12-15)31-2)32-24-23(30)22(29)21(28)20(33-24)14-27-13-17(25-26-27)16-8-5-4-6-9-16/h3,10-13,16,20-24,28-30H,1,4-9,14H2,2H3/t20-,21-,22+,23-,24-/m1/s1. The number of ether oxygens (including phenoxy) is 3. The first-order chi connectivity index (χ1) is 16.0. The van der Waals surface area contributed by atoms with Crippen LogP contribution in [0.4, 0.5) is 0 Å². The van der Waals surface area contributed by atoms with E-state index in [-0.39, 0.29) is 6.54 Å². The molecule has 5 atom stereocenters. The topological polar surface area (TPSA) is 119 Å². The van der Waals surface area contributed by atoms with Gasteiger partial charge >= 0.3 is 0 Å². The molecule has 0 bridgehead atoms. The zero-order chi connectivity index (χ0) is 23.4. The van der Waals surface area contributed by atoms with Gasteiger partial charge in [0, 0.05) is 12.1 Å². The van der Waals surface area contributed by atoms with Crippen molar-refractivity contribution < 1.29 is 29.5 Å². The molecule has 2 aliphatic rings. The Kier molecular flexibility index (Phi) is 7.64. The van der Waals surface area contributed by atoms with E-state index in [1.807, 2.05) is 18.3 Å². The third-order valence-corrected chi connectivity index (χ3v) is 6.47. The van der Waals surface area contributed by atoms with Crippen LogP contribution in [-0.2, 0) is 17.7 Å². The maximum atomic E-state index is 10.5. The van der Waals surface area contributed by atoms with Crippen molar-refractivity contribution in [3.8, 4) is 11.5 Å². The van der Waals surface area contributed by atoms with Crippen molar-refractivity contribution in [3.05, 3.63) is 48.3 Å². The number of benzene rings is 1. The minimum absolute atomic E-state index is 0.167. The summed E-state index contributed by atoms with van der Waals surface area (Å²) < 4.78 is 18.8. The molecule has 3 N–H and O–H groups in total. The Hall–Kier alpha value is -2.46. The van der Waals surface area contributed by atoms with E-state index >= 15 is 0 Å². The van der Waals surface area contributed by atoms with Crippen molar-refractivity contribution in [3.63, 3.8) is 0 Å². The second-order valence-electron chi connectivity index (χ2n) is 8.81. The van der Waals surface area contributed by atoms with Crippen LogP contribution < -0.4 is 9.47 Å². The van der Waals surface area contributed by atoms with Gasteiger partial charge in [0.2, 0.25) is 6.29 Å². The molecule has 2 heterocycles. The van der Waals surface area contributed by atoms with Crippen LogP contribution in [0.3, 0.4) is 0 Å². The van der Waals surface area contributed by atoms with E-state index in [0.717, 1.165) is 24.1 Å². The average molecular weight is 460 g/mol. The molecule has 0 spiro atoms. The second-order valence-corrected chi connectivity index (χ2v) is 8.81. The molecular weight excluding hydrogens is 426 g/mol. The Bertz CT molecular complexity index is 929. The number of aliphatic hydroxyl groups is 3. The summed E-state index contributed by atoms with van der Waals surface area (Å²) in [6.45, 7) is 3.90. The molecule has 9 nitrogen and oxygen atoms in total. The zero-order valence-corrected chi connectivity index (χ0v) is 18.9. The van der Waals surface area contributed by atoms with E-state index in [1.165, 1.54) is 26.4 Å². The van der Waals surface area contributed by atoms with E-state index in [1.54, 1.807) is 16.8 Å². The lowest BCUT2D eigenvalue weighted by atomic mass is 9.87. The fraction of sp³-hybridized carbons (Fsp3) is 0.583. The van der Waals surface area contributed by atoms with Crippen LogP contribution in [0.5, 0.6) is 11.5 Å². The number of rotatable bonds is 8. The van der Waals surface area contributed by atoms with Gasteiger partial charge in [-0.1, -0.05) is 36.6 Å². The maximum Gasteiger partial charge on any atom is 0.229 e. The highest BCUT2D eigenvalue weighted by molar-refractivity contribution is 5.43. The minimum atomic E-state index is -1.44. The van der Waals surface area contributed by atoms with E-state index in [4.69, 9.17) is 14.2 Å². The molecule has 1 saturated heterocycles. The highest BCUT2D eigenvalue weighted by Gasteiger charge is 2.45. The number of aromatic nitrogens is 3. The molecule has 1 aliphatic carbocycles. The summed E-state index contributed by atoms with van der Waals surface area (Å²) in [5.74, 6) is 1.23. The molecule has 0 amide bonds. The van der Waals surface area contributed by atoms with Gasteiger partial charge in [-0.15, -0.1) is 11.7 Å². The van der Waals surface area contributed by atoms with Gasteiger partial charge in [0.15, 0.2) is 11.5 Å². The molecule has 0 unspecified atom stereocenters. The summed E-state index contributed by atoms with van der Waals surface area (Å²) in [6.07, 6.45) is 3.97. The minimum Gasteiger partial charge on any atom is -0.493 e. The number of nitrogens with zero attached hydrogens (tertiary/aromatic N) is 3. The third kappa shape index (κ3) is 5.38. The van der Waals surface area contributed by atoms with Gasteiger partial charge < -0.3 is 29.5 Å². The summed E-state index contributed by atoms with van der Waals surface area (Å²) >= 11 is 0. The first-order valence-electron chi connectivity index (χ1n) is 11.5. The van der Waals surface area contributed by atoms with E-state index in [9.17, 15) is 15.3 Å². The number of aliphatic hydroxyl groups excluding tert-OH is 3. The maximum absolute atomic E-state index is 10.5. The van der Waals surface area contributed by atoms with Crippen LogP contribution in [0.2, 0.25) is 0 Å². The van der Waals surface area contributed by atoms with Gasteiger partial charge in [-0.25, -0.2) is 4.68 Å². The van der Waals surface area contributed by atoms with Crippen LogP contribution in [0.15, 0.2) is 37.1 Å². The van der Waals surface area contributed by atoms with Gasteiger partial charge in [-0.2, -0.15) is 0 Å². The number of methoxy groups -OCH3 is 1. The predicted molar refractivity (Wildman–Crippen MR) is 120 cm³/mol. The lowest BCUT2D eigenvalue weighted by Gasteiger charge is -2.40. The molecule has 0 radical (unpaired) electrons. The molecule has 180 valence electrons. The Labute approximate surface area is 193 Å². The smallest absolute Gasteiger partial charge is 0.229 e. The fourth-order valence-electron chi connectivity index (χ4n) is 4.57. The van der Waals surface area contributed by atoms with Crippen molar-refractivity contribution in [2.45, 2.75) is 81.7 Å². The molecule has 9 heteroatoms. The first kappa shape index (κ1) is 23.7. The van der Waals surface area contributed by atoms with Crippen molar-refractivity contribution in [2.24, 2.45) is 0 Å². The Balaban J connectivity index is 1.46. The van der Waals surface area contributed by atoms with Crippen LogP contribution in [0.25, 0.3) is 0 Å². The van der Waals surface area contributed by atoms with Crippen molar-refractivity contribution >= 4 is 0 Å². The molecule has 4 rings (SSSR count).